The minimum atomic E-state index is -1.07. The van der Waals surface area contributed by atoms with E-state index in [2.05, 4.69) is 10.4 Å². The van der Waals surface area contributed by atoms with E-state index < -0.39 is 11.5 Å². The van der Waals surface area contributed by atoms with E-state index in [0.717, 1.165) is 11.3 Å². The van der Waals surface area contributed by atoms with Crippen LogP contribution in [0, 0.1) is 13.8 Å². The van der Waals surface area contributed by atoms with Crippen molar-refractivity contribution in [3.05, 3.63) is 47.3 Å². The molecule has 0 saturated heterocycles. The average Bonchev–Trinajstić information content (AvgIpc) is 2.95. The van der Waals surface area contributed by atoms with Gasteiger partial charge >= 0.3 is 5.97 Å². The number of amides is 1. The Kier molecular flexibility index (Phi) is 5.07. The molecule has 0 saturated carbocycles. The van der Waals surface area contributed by atoms with E-state index in [1.807, 2.05) is 45.0 Å². The molecule has 0 aliphatic carbocycles. The van der Waals surface area contributed by atoms with E-state index >= 15 is 0 Å². The Labute approximate surface area is 141 Å². The molecule has 2 aromatic rings. The number of methoxy groups -OCH3 is 1. The van der Waals surface area contributed by atoms with Gasteiger partial charge in [-0.05, 0) is 38.8 Å². The molecule has 6 heteroatoms. The van der Waals surface area contributed by atoms with Gasteiger partial charge in [-0.15, -0.1) is 0 Å². The number of rotatable bonds is 5. The summed E-state index contributed by atoms with van der Waals surface area (Å²) in [5, 5.41) is 7.09. The van der Waals surface area contributed by atoms with E-state index in [0.29, 0.717) is 17.7 Å². The first kappa shape index (κ1) is 17.7. The number of carbonyl (C=O) groups is 2. The van der Waals surface area contributed by atoms with Crippen molar-refractivity contribution >= 4 is 11.9 Å². The molecule has 1 atom stereocenters. The van der Waals surface area contributed by atoms with Gasteiger partial charge in [-0.1, -0.05) is 25.1 Å². The fourth-order valence-electron chi connectivity index (χ4n) is 2.50. The van der Waals surface area contributed by atoms with Gasteiger partial charge in [0.05, 0.1) is 30.3 Å². The zero-order valence-electron chi connectivity index (χ0n) is 14.7. The second-order valence-corrected chi connectivity index (χ2v) is 5.97. The lowest BCUT2D eigenvalue weighted by Gasteiger charge is -2.26. The highest BCUT2D eigenvalue weighted by Crippen LogP contribution is 2.19. The summed E-state index contributed by atoms with van der Waals surface area (Å²) in [5.74, 6) is -0.815. The molecule has 0 bridgehead atoms. The Hall–Kier alpha value is -2.63. The third kappa shape index (κ3) is 3.18. The molecule has 6 nitrogen and oxygen atoms in total. The van der Waals surface area contributed by atoms with Gasteiger partial charge in [0.1, 0.15) is 5.54 Å². The number of aromatic nitrogens is 2. The largest absolute Gasteiger partial charge is 0.467 e. The van der Waals surface area contributed by atoms with Crippen LogP contribution in [-0.2, 0) is 9.53 Å². The second kappa shape index (κ2) is 6.86. The van der Waals surface area contributed by atoms with Crippen LogP contribution >= 0.6 is 0 Å². The molecule has 24 heavy (non-hydrogen) atoms. The number of hydrogen-bond donors (Lipinski definition) is 1. The number of benzene rings is 1. The molecule has 1 aromatic carbocycles. The van der Waals surface area contributed by atoms with Crippen LogP contribution in [0.2, 0.25) is 0 Å². The van der Waals surface area contributed by atoms with Crippen LogP contribution in [0.5, 0.6) is 0 Å². The van der Waals surface area contributed by atoms with E-state index in [9.17, 15) is 9.59 Å². The van der Waals surface area contributed by atoms with Gasteiger partial charge in [-0.3, -0.25) is 4.79 Å². The molecule has 0 spiro atoms. The Balaban J connectivity index is 2.33. The number of ether oxygens (including phenoxy) is 1. The predicted octanol–water partition coefficient (Wildman–Crippen LogP) is 2.56. The molecule has 0 fully saturated rings. The van der Waals surface area contributed by atoms with E-state index in [1.54, 1.807) is 11.6 Å². The van der Waals surface area contributed by atoms with Crippen molar-refractivity contribution in [1.29, 1.82) is 0 Å². The van der Waals surface area contributed by atoms with Gasteiger partial charge < -0.3 is 10.1 Å². The number of aryl methyl sites for hydroxylation is 1. The normalized spacial score (nSPS) is 13.2. The van der Waals surface area contributed by atoms with Crippen LogP contribution in [0.3, 0.4) is 0 Å². The van der Waals surface area contributed by atoms with Gasteiger partial charge in [0, 0.05) is 0 Å². The van der Waals surface area contributed by atoms with E-state index in [-0.39, 0.29) is 5.91 Å². The molecule has 1 N–H and O–H groups in total. The highest BCUT2D eigenvalue weighted by atomic mass is 16.5. The minimum Gasteiger partial charge on any atom is -0.467 e. The molecule has 0 aliphatic heterocycles. The van der Waals surface area contributed by atoms with Crippen LogP contribution in [0.1, 0.15) is 41.9 Å². The van der Waals surface area contributed by atoms with Crippen molar-refractivity contribution in [3.8, 4) is 5.69 Å². The first-order valence-corrected chi connectivity index (χ1v) is 7.85. The Morgan fingerprint density at radius 3 is 2.54 bits per heavy atom. The molecule has 1 amide bonds. The van der Waals surface area contributed by atoms with Crippen molar-refractivity contribution in [3.63, 3.8) is 0 Å². The quantitative estimate of drug-likeness (QED) is 0.856. The van der Waals surface area contributed by atoms with Crippen molar-refractivity contribution in [2.24, 2.45) is 0 Å². The number of carbonyl (C=O) groups excluding carboxylic acids is 2. The second-order valence-electron chi connectivity index (χ2n) is 5.97. The van der Waals surface area contributed by atoms with E-state index in [4.69, 9.17) is 4.74 Å². The Morgan fingerprint density at radius 2 is 1.96 bits per heavy atom. The maximum absolute atomic E-state index is 12.6. The zero-order valence-corrected chi connectivity index (χ0v) is 14.7. The standard InChI is InChI=1S/C18H23N3O3/c1-6-18(4,17(23)24-5)20-16(22)14-11-19-21(13(14)3)15-10-8-7-9-12(15)2/h7-11H,6H2,1-5H3,(H,20,22)/t18-/m0/s1. The molecular weight excluding hydrogens is 306 g/mol. The topological polar surface area (TPSA) is 73.2 Å². The number of hydrogen-bond acceptors (Lipinski definition) is 4. The third-order valence-electron chi connectivity index (χ3n) is 4.33. The lowest BCUT2D eigenvalue weighted by atomic mass is 9.98. The third-order valence-corrected chi connectivity index (χ3v) is 4.33. The van der Waals surface area contributed by atoms with Crippen LogP contribution in [0.4, 0.5) is 0 Å². The average molecular weight is 329 g/mol. The lowest BCUT2D eigenvalue weighted by molar-refractivity contribution is -0.147. The molecule has 0 unspecified atom stereocenters. The maximum atomic E-state index is 12.6. The van der Waals surface area contributed by atoms with Crippen LogP contribution in [-0.4, -0.2) is 34.3 Å². The molecule has 0 radical (unpaired) electrons. The number of nitrogens with one attached hydrogen (secondary N) is 1. The van der Waals surface area contributed by atoms with Gasteiger partial charge in [-0.2, -0.15) is 5.10 Å². The maximum Gasteiger partial charge on any atom is 0.331 e. The van der Waals surface area contributed by atoms with Crippen molar-refractivity contribution in [2.75, 3.05) is 7.11 Å². The summed E-state index contributed by atoms with van der Waals surface area (Å²) in [6.45, 7) is 7.29. The summed E-state index contributed by atoms with van der Waals surface area (Å²) < 4.78 is 6.52. The molecular formula is C18H23N3O3. The predicted molar refractivity (Wildman–Crippen MR) is 91.2 cm³/mol. The Bertz CT molecular complexity index is 767. The van der Waals surface area contributed by atoms with Crippen molar-refractivity contribution < 1.29 is 14.3 Å². The molecule has 0 aliphatic rings. The fourth-order valence-corrected chi connectivity index (χ4v) is 2.50. The summed E-state index contributed by atoms with van der Waals surface area (Å²) in [5.41, 5.74) is 2.05. The monoisotopic (exact) mass is 329 g/mol. The van der Waals surface area contributed by atoms with Crippen molar-refractivity contribution in [2.45, 2.75) is 39.7 Å². The van der Waals surface area contributed by atoms with Gasteiger partial charge in [0.25, 0.3) is 5.91 Å². The SMILES string of the molecule is CC[C@](C)(NC(=O)c1cnn(-c2ccccc2C)c1C)C(=O)OC. The van der Waals surface area contributed by atoms with Gasteiger partial charge in [0.2, 0.25) is 0 Å². The van der Waals surface area contributed by atoms with Gasteiger partial charge in [0.15, 0.2) is 0 Å². The first-order valence-electron chi connectivity index (χ1n) is 7.85. The number of para-hydroxylation sites is 1. The van der Waals surface area contributed by atoms with Crippen LogP contribution in [0.15, 0.2) is 30.5 Å². The van der Waals surface area contributed by atoms with Crippen LogP contribution in [0.25, 0.3) is 5.69 Å². The molecule has 1 aromatic heterocycles. The minimum absolute atomic E-state index is 0.345. The number of esters is 1. The van der Waals surface area contributed by atoms with E-state index in [1.165, 1.54) is 13.3 Å². The highest BCUT2D eigenvalue weighted by Gasteiger charge is 2.35. The lowest BCUT2D eigenvalue weighted by Crippen LogP contribution is -2.52. The summed E-state index contributed by atoms with van der Waals surface area (Å²) in [6.07, 6.45) is 1.95. The summed E-state index contributed by atoms with van der Waals surface area (Å²) in [4.78, 5) is 24.5. The van der Waals surface area contributed by atoms with Crippen molar-refractivity contribution in [1.82, 2.24) is 15.1 Å². The smallest absolute Gasteiger partial charge is 0.331 e. The fraction of sp³-hybridized carbons (Fsp3) is 0.389. The zero-order chi connectivity index (χ0) is 17.9. The molecule has 2 rings (SSSR count). The van der Waals surface area contributed by atoms with Crippen LogP contribution < -0.4 is 5.32 Å². The summed E-state index contributed by atoms with van der Waals surface area (Å²) >= 11 is 0. The summed E-state index contributed by atoms with van der Waals surface area (Å²) in [6, 6.07) is 7.81. The number of nitrogens with zero attached hydrogens (tertiary/aromatic N) is 2. The summed E-state index contributed by atoms with van der Waals surface area (Å²) in [7, 11) is 1.31. The highest BCUT2D eigenvalue weighted by molar-refractivity contribution is 5.98. The molecule has 128 valence electrons. The van der Waals surface area contributed by atoms with Gasteiger partial charge in [-0.25, -0.2) is 9.48 Å². The Morgan fingerprint density at radius 1 is 1.29 bits per heavy atom. The first-order chi connectivity index (χ1) is 11.3. The molecule has 1 heterocycles.